The Morgan fingerprint density at radius 2 is 2.02 bits per heavy atom. The average molecular weight is 585 g/mol. The van der Waals surface area contributed by atoms with Gasteiger partial charge in [0.15, 0.2) is 0 Å². The summed E-state index contributed by atoms with van der Waals surface area (Å²) in [4.78, 5) is 15.5. The maximum Gasteiger partial charge on any atom is 0.264 e. The Kier molecular flexibility index (Phi) is 7.38. The predicted octanol–water partition coefficient (Wildman–Crippen LogP) is 4.86. The summed E-state index contributed by atoms with van der Waals surface area (Å²) in [5.41, 5.74) is 3.34. The number of nitrogens with one attached hydrogen (secondary N) is 1. The van der Waals surface area contributed by atoms with Crippen LogP contribution in [0.15, 0.2) is 48.6 Å². The number of ether oxygens (including phenoxy) is 1. The number of sulfonamides is 1. The Morgan fingerprint density at radius 1 is 1.18 bits per heavy atom. The number of rotatable bonds is 0. The van der Waals surface area contributed by atoms with Crippen molar-refractivity contribution in [2.45, 2.75) is 57.0 Å². The molecule has 2 aliphatic heterocycles. The van der Waals surface area contributed by atoms with Crippen LogP contribution in [0.25, 0.3) is 0 Å². The Hall–Kier alpha value is -2.55. The number of aryl methyl sites for hydroxylation is 1. The van der Waals surface area contributed by atoms with Gasteiger partial charge in [0.2, 0.25) is 10.0 Å². The van der Waals surface area contributed by atoms with Crippen LogP contribution in [-0.2, 0) is 21.9 Å². The third-order valence-corrected chi connectivity index (χ3v) is 11.0. The first-order chi connectivity index (χ1) is 19.1. The van der Waals surface area contributed by atoms with Gasteiger partial charge in [-0.25, -0.2) is 13.1 Å². The molecule has 5 atom stereocenters. The van der Waals surface area contributed by atoms with E-state index in [-0.39, 0.29) is 28.6 Å². The van der Waals surface area contributed by atoms with E-state index in [1.807, 2.05) is 25.1 Å². The maximum absolute atomic E-state index is 13.2. The van der Waals surface area contributed by atoms with E-state index >= 15 is 0 Å². The van der Waals surface area contributed by atoms with Gasteiger partial charge in [-0.05, 0) is 97.7 Å². The molecule has 4 aliphatic rings. The summed E-state index contributed by atoms with van der Waals surface area (Å²) >= 11 is 6.37. The van der Waals surface area contributed by atoms with Crippen LogP contribution >= 0.6 is 11.6 Å². The predicted molar refractivity (Wildman–Crippen MR) is 157 cm³/mol. The molecule has 1 saturated carbocycles. The van der Waals surface area contributed by atoms with E-state index in [4.69, 9.17) is 16.3 Å². The van der Waals surface area contributed by atoms with Crippen molar-refractivity contribution in [1.82, 2.24) is 4.72 Å². The summed E-state index contributed by atoms with van der Waals surface area (Å²) in [7, 11) is -3.83. The standard InChI is InChI=1S/C31H37ClN2O5S/c1-20-4-2-6-28(35)25-10-7-23(25)16-34-18-31(13-3-5-21-14-24(32)9-11-26(21)31)19-39-29-12-8-22(15-27(29)34)30(36)33-40(37,38)17-20/h2,6,8-9,11-12,14-15,20,23,25,28,35H,3-5,7,10,13,16-19H2,1H3,(H,33,36)/b6-2-/t20-,23+,25-,28-,31+/m1/s1. The van der Waals surface area contributed by atoms with E-state index in [9.17, 15) is 18.3 Å². The van der Waals surface area contributed by atoms with E-state index < -0.39 is 22.0 Å². The summed E-state index contributed by atoms with van der Waals surface area (Å²) in [6.07, 6.45) is 8.59. The van der Waals surface area contributed by atoms with Crippen molar-refractivity contribution in [3.05, 3.63) is 70.3 Å². The Bertz CT molecular complexity index is 1440. The number of nitrogens with zero attached hydrogens (tertiary/aromatic N) is 1. The molecule has 0 saturated heterocycles. The first kappa shape index (κ1) is 27.6. The quantitative estimate of drug-likeness (QED) is 0.430. The Balaban J connectivity index is 1.42. The first-order valence-electron chi connectivity index (χ1n) is 14.3. The lowest BCUT2D eigenvalue weighted by Gasteiger charge is -2.45. The number of hydrogen-bond acceptors (Lipinski definition) is 6. The van der Waals surface area contributed by atoms with E-state index in [1.165, 1.54) is 11.1 Å². The molecule has 0 radical (unpaired) electrons. The number of anilines is 1. The smallest absolute Gasteiger partial charge is 0.264 e. The molecule has 2 bridgehead atoms. The van der Waals surface area contributed by atoms with E-state index in [0.717, 1.165) is 49.4 Å². The highest BCUT2D eigenvalue weighted by Gasteiger charge is 2.44. The second kappa shape index (κ2) is 10.7. The normalized spacial score (nSPS) is 32.5. The fourth-order valence-electron chi connectivity index (χ4n) is 7.09. The van der Waals surface area contributed by atoms with E-state index in [1.54, 1.807) is 18.2 Å². The van der Waals surface area contributed by atoms with Gasteiger partial charge in [-0.2, -0.15) is 0 Å². The molecular weight excluding hydrogens is 548 g/mol. The fourth-order valence-corrected chi connectivity index (χ4v) is 8.65. The number of carbonyl (C=O) groups is 1. The molecule has 2 N–H and O–H groups in total. The number of halogens is 1. The highest BCUT2D eigenvalue weighted by Crippen LogP contribution is 2.46. The van der Waals surface area contributed by atoms with E-state index in [0.29, 0.717) is 31.2 Å². The zero-order valence-electron chi connectivity index (χ0n) is 22.8. The van der Waals surface area contributed by atoms with Crippen molar-refractivity contribution in [2.75, 3.05) is 30.3 Å². The number of fused-ring (bicyclic) bond motifs is 4. The van der Waals surface area contributed by atoms with Gasteiger partial charge in [-0.15, -0.1) is 0 Å². The Labute approximate surface area is 241 Å². The van der Waals surface area contributed by atoms with Gasteiger partial charge in [-0.1, -0.05) is 36.7 Å². The number of aliphatic hydroxyl groups excluding tert-OH is 1. The number of allylic oxidation sites excluding steroid dienone is 1. The number of benzene rings is 2. The summed E-state index contributed by atoms with van der Waals surface area (Å²) in [5.74, 6) is 0.112. The zero-order valence-corrected chi connectivity index (χ0v) is 24.4. The third kappa shape index (κ3) is 5.38. The van der Waals surface area contributed by atoms with Crippen LogP contribution < -0.4 is 14.4 Å². The van der Waals surface area contributed by atoms with Crippen LogP contribution in [0.4, 0.5) is 5.69 Å². The maximum atomic E-state index is 13.2. The first-order valence-corrected chi connectivity index (χ1v) is 16.4. The lowest BCUT2D eigenvalue weighted by atomic mass is 9.68. The second-order valence-electron chi connectivity index (χ2n) is 12.3. The summed E-state index contributed by atoms with van der Waals surface area (Å²) in [6, 6.07) is 11.4. The lowest BCUT2D eigenvalue weighted by molar-refractivity contribution is 0.0456. The average Bonchev–Trinajstić information content (AvgIpc) is 3.02. The van der Waals surface area contributed by atoms with Crippen LogP contribution in [0, 0.1) is 17.8 Å². The number of aliphatic hydroxyl groups is 1. The number of amides is 1. The molecular formula is C31H37ClN2O5S. The topological polar surface area (TPSA) is 95.9 Å². The van der Waals surface area contributed by atoms with Crippen molar-refractivity contribution in [1.29, 1.82) is 0 Å². The van der Waals surface area contributed by atoms with Crippen molar-refractivity contribution < 1.29 is 23.1 Å². The minimum atomic E-state index is -3.83. The highest BCUT2D eigenvalue weighted by molar-refractivity contribution is 7.90. The third-order valence-electron chi connectivity index (χ3n) is 9.29. The van der Waals surface area contributed by atoms with Crippen molar-refractivity contribution in [2.24, 2.45) is 17.8 Å². The molecule has 214 valence electrons. The van der Waals surface area contributed by atoms with Crippen molar-refractivity contribution in [3.63, 3.8) is 0 Å². The van der Waals surface area contributed by atoms with Crippen LogP contribution in [0.3, 0.4) is 0 Å². The van der Waals surface area contributed by atoms with Gasteiger partial charge < -0.3 is 14.7 Å². The minimum absolute atomic E-state index is 0.135. The van der Waals surface area contributed by atoms with E-state index in [2.05, 4.69) is 21.8 Å². The zero-order chi connectivity index (χ0) is 28.1. The van der Waals surface area contributed by atoms with Crippen LogP contribution in [-0.4, -0.2) is 51.0 Å². The van der Waals surface area contributed by atoms with Gasteiger partial charge in [0, 0.05) is 29.1 Å². The summed E-state index contributed by atoms with van der Waals surface area (Å²) in [5, 5.41) is 11.8. The molecule has 40 heavy (non-hydrogen) atoms. The Morgan fingerprint density at radius 3 is 2.83 bits per heavy atom. The molecule has 2 aromatic rings. The highest BCUT2D eigenvalue weighted by atomic mass is 35.5. The molecule has 2 aromatic carbocycles. The van der Waals surface area contributed by atoms with Crippen molar-refractivity contribution in [3.8, 4) is 5.75 Å². The van der Waals surface area contributed by atoms with Crippen LogP contribution in [0.2, 0.25) is 5.02 Å². The van der Waals surface area contributed by atoms with Gasteiger partial charge in [0.05, 0.1) is 24.2 Å². The monoisotopic (exact) mass is 584 g/mol. The molecule has 9 heteroatoms. The van der Waals surface area contributed by atoms with Gasteiger partial charge in [-0.3, -0.25) is 4.79 Å². The molecule has 1 spiro atoms. The fraction of sp³-hybridized carbons (Fsp3) is 0.516. The molecule has 6 rings (SSSR count). The van der Waals surface area contributed by atoms with Crippen LogP contribution in [0.5, 0.6) is 5.75 Å². The number of carbonyl (C=O) groups excluding carboxylic acids is 1. The lowest BCUT2D eigenvalue weighted by Crippen LogP contribution is -2.49. The molecule has 0 aromatic heterocycles. The molecule has 2 heterocycles. The molecule has 1 amide bonds. The minimum Gasteiger partial charge on any atom is -0.490 e. The number of hydrogen-bond donors (Lipinski definition) is 2. The molecule has 2 aliphatic carbocycles. The van der Waals surface area contributed by atoms with Gasteiger partial charge >= 0.3 is 0 Å². The van der Waals surface area contributed by atoms with Gasteiger partial charge in [0.1, 0.15) is 5.75 Å². The SMILES string of the molecule is C[C@@H]1C/C=C\[C@@H](O)[C@@H]2CC[C@H]2CN2C[C@@]3(CCCc4cc(Cl)ccc43)COc3ccc(cc32)C(=O)NS(=O)(=O)C1. The molecule has 7 nitrogen and oxygen atoms in total. The summed E-state index contributed by atoms with van der Waals surface area (Å²) in [6.45, 7) is 3.75. The molecule has 0 unspecified atom stereocenters. The largest absolute Gasteiger partial charge is 0.490 e. The second-order valence-corrected chi connectivity index (χ2v) is 14.5. The van der Waals surface area contributed by atoms with Crippen LogP contribution in [0.1, 0.15) is 60.5 Å². The summed E-state index contributed by atoms with van der Waals surface area (Å²) < 4.78 is 34.4. The van der Waals surface area contributed by atoms with Gasteiger partial charge in [0.25, 0.3) is 5.91 Å². The molecule has 1 fully saturated rings. The van der Waals surface area contributed by atoms with Crippen molar-refractivity contribution >= 4 is 33.2 Å².